The monoisotopic (exact) mass is 397 g/mol. The minimum Gasteiger partial charge on any atom is -0.493 e. The van der Waals surface area contributed by atoms with Crippen LogP contribution in [0.15, 0.2) is 42.5 Å². The van der Waals surface area contributed by atoms with Gasteiger partial charge in [0.25, 0.3) is 0 Å². The fourth-order valence-corrected chi connectivity index (χ4v) is 3.34. The van der Waals surface area contributed by atoms with Crippen LogP contribution in [-0.4, -0.2) is 19.2 Å². The number of nitrogens with two attached hydrogens (primary N) is 1. The van der Waals surface area contributed by atoms with E-state index in [1.54, 1.807) is 6.07 Å². The van der Waals surface area contributed by atoms with Crippen molar-refractivity contribution < 1.29 is 14.3 Å². The second kappa shape index (κ2) is 10.0. The molecule has 2 aromatic rings. The second-order valence-corrected chi connectivity index (χ2v) is 7.34. The van der Waals surface area contributed by atoms with Gasteiger partial charge in [0.15, 0.2) is 5.75 Å². The Labute approximate surface area is 173 Å². The summed E-state index contributed by atoms with van der Waals surface area (Å²) in [6.07, 6.45) is 7.31. The van der Waals surface area contributed by atoms with E-state index in [1.807, 2.05) is 46.4 Å². The van der Waals surface area contributed by atoms with E-state index in [0.717, 1.165) is 17.8 Å². The summed E-state index contributed by atoms with van der Waals surface area (Å²) in [6, 6.07) is 13.3. The van der Waals surface area contributed by atoms with E-state index < -0.39 is 0 Å². The molecule has 0 amide bonds. The van der Waals surface area contributed by atoms with Gasteiger partial charge in [0.05, 0.1) is 18.0 Å². The van der Waals surface area contributed by atoms with Gasteiger partial charge in [-0.05, 0) is 30.7 Å². The zero-order valence-corrected chi connectivity index (χ0v) is 17.4. The molecule has 0 unspecified atom stereocenters. The normalized spacial score (nSPS) is 12.8. The van der Waals surface area contributed by atoms with Crippen LogP contribution in [-0.2, 0) is 4.79 Å². The first kappa shape index (κ1) is 20.8. The Bertz CT molecular complexity index is 825. The predicted molar refractivity (Wildman–Crippen MR) is 117 cm³/mol. The first-order valence-electron chi connectivity index (χ1n) is 10.4. The first-order chi connectivity index (χ1) is 14.1. The van der Waals surface area contributed by atoms with Crippen molar-refractivity contribution in [2.45, 2.75) is 52.4 Å². The van der Waals surface area contributed by atoms with Gasteiger partial charge in [0.1, 0.15) is 18.1 Å². The third kappa shape index (κ3) is 5.79. The summed E-state index contributed by atoms with van der Waals surface area (Å²) in [7, 11) is 0. The van der Waals surface area contributed by atoms with E-state index >= 15 is 0 Å². The van der Waals surface area contributed by atoms with Crippen LogP contribution >= 0.6 is 0 Å². The van der Waals surface area contributed by atoms with E-state index in [0.29, 0.717) is 30.5 Å². The average molecular weight is 398 g/mol. The molecule has 0 bridgehead atoms. The third-order valence-electron chi connectivity index (χ3n) is 4.92. The van der Waals surface area contributed by atoms with Crippen LogP contribution in [0.3, 0.4) is 0 Å². The van der Waals surface area contributed by atoms with Gasteiger partial charge in [0, 0.05) is 13.0 Å². The molecule has 0 atom stereocenters. The molecule has 6 nitrogen and oxygen atoms in total. The molecule has 0 saturated carbocycles. The number of carbonyl (C=O) groups is 1. The van der Waals surface area contributed by atoms with Gasteiger partial charge >= 0.3 is 5.97 Å². The third-order valence-corrected chi connectivity index (χ3v) is 4.92. The Hall–Kier alpha value is -2.89. The Balaban J connectivity index is 1.61. The molecule has 156 valence electrons. The molecular weight excluding hydrogens is 366 g/mol. The quantitative estimate of drug-likeness (QED) is 0.186. The number of anilines is 3. The molecule has 6 heteroatoms. The van der Waals surface area contributed by atoms with Gasteiger partial charge < -0.3 is 15.2 Å². The summed E-state index contributed by atoms with van der Waals surface area (Å²) < 4.78 is 11.3. The Morgan fingerprint density at radius 3 is 2.48 bits per heavy atom. The Kier molecular flexibility index (Phi) is 7.22. The number of nitrogen functional groups attached to an aromatic ring is 1. The molecule has 29 heavy (non-hydrogen) atoms. The number of unbranched alkanes of at least 4 members (excludes halogenated alkanes) is 5. The molecule has 0 spiro atoms. The molecule has 1 fully saturated rings. The minimum atomic E-state index is -0.355. The lowest BCUT2D eigenvalue weighted by atomic mass is 10.1. The van der Waals surface area contributed by atoms with Gasteiger partial charge in [-0.2, -0.15) is 0 Å². The van der Waals surface area contributed by atoms with Crippen molar-refractivity contribution in [1.29, 1.82) is 0 Å². The fourth-order valence-electron chi connectivity index (χ4n) is 3.34. The van der Waals surface area contributed by atoms with Crippen LogP contribution in [0.5, 0.6) is 11.5 Å². The van der Waals surface area contributed by atoms with Crippen molar-refractivity contribution in [2.24, 2.45) is 0 Å². The smallest absolute Gasteiger partial charge is 0.308 e. The molecule has 0 aliphatic carbocycles. The van der Waals surface area contributed by atoms with E-state index in [4.69, 9.17) is 15.2 Å². The van der Waals surface area contributed by atoms with E-state index in [1.165, 1.54) is 39.0 Å². The number of rotatable bonds is 11. The maximum absolute atomic E-state index is 11.6. The fraction of sp³-hybridized carbons (Fsp3) is 0.435. The van der Waals surface area contributed by atoms with Gasteiger partial charge in [0.2, 0.25) is 0 Å². The highest BCUT2D eigenvalue weighted by Gasteiger charge is 2.35. The zero-order valence-electron chi connectivity index (χ0n) is 17.4. The summed E-state index contributed by atoms with van der Waals surface area (Å²) in [5.74, 6) is 0.855. The minimum absolute atomic E-state index is 0.355. The number of hydrogen-bond donors (Lipinski definition) is 1. The van der Waals surface area contributed by atoms with Gasteiger partial charge in [-0.1, -0.05) is 51.2 Å². The number of ether oxygens (including phenoxy) is 2. The standard InChI is InChI=1S/C23H31N3O3/c1-3-4-5-6-7-10-15-28-19-13-14-22(23(16-19)29-18(2)27)26-17-25(26)21-12-9-8-11-20(21)24/h8-9,11-14,16H,3-7,10,15,17,24H2,1-2H3. The van der Waals surface area contributed by atoms with Crippen LogP contribution in [0.4, 0.5) is 17.1 Å². The number of esters is 1. The number of carbonyl (C=O) groups excluding carboxylic acids is 1. The summed E-state index contributed by atoms with van der Waals surface area (Å²) in [5.41, 5.74) is 8.54. The Morgan fingerprint density at radius 2 is 1.72 bits per heavy atom. The SMILES string of the molecule is CCCCCCCCOc1ccc(N2CN2c2ccccc2N)c(OC(C)=O)c1. The van der Waals surface area contributed by atoms with Crippen LogP contribution < -0.4 is 25.2 Å². The molecule has 2 aromatic carbocycles. The molecule has 1 saturated heterocycles. The summed E-state index contributed by atoms with van der Waals surface area (Å²) >= 11 is 0. The molecule has 1 aliphatic heterocycles. The highest BCUT2D eigenvalue weighted by Crippen LogP contribution is 2.41. The largest absolute Gasteiger partial charge is 0.493 e. The molecule has 2 N–H and O–H groups in total. The van der Waals surface area contributed by atoms with Crippen molar-refractivity contribution in [3.05, 3.63) is 42.5 Å². The average Bonchev–Trinajstić information content (AvgIpc) is 3.48. The van der Waals surface area contributed by atoms with Crippen molar-refractivity contribution in [3.63, 3.8) is 0 Å². The summed E-state index contributed by atoms with van der Waals surface area (Å²) in [5, 5.41) is 4.05. The second-order valence-electron chi connectivity index (χ2n) is 7.34. The van der Waals surface area contributed by atoms with E-state index in [-0.39, 0.29) is 5.97 Å². The molecular formula is C23H31N3O3. The maximum Gasteiger partial charge on any atom is 0.308 e. The van der Waals surface area contributed by atoms with Crippen LogP contribution in [0.1, 0.15) is 52.4 Å². The van der Waals surface area contributed by atoms with Gasteiger partial charge in [-0.15, -0.1) is 0 Å². The maximum atomic E-state index is 11.6. The van der Waals surface area contributed by atoms with Gasteiger partial charge in [-0.3, -0.25) is 14.8 Å². The van der Waals surface area contributed by atoms with Crippen LogP contribution in [0.2, 0.25) is 0 Å². The number of nitrogens with zero attached hydrogens (tertiary/aromatic N) is 2. The predicted octanol–water partition coefficient (Wildman–Crippen LogP) is 5.13. The molecule has 0 radical (unpaired) electrons. The molecule has 3 rings (SSSR count). The number of hydrazine groups is 1. The van der Waals surface area contributed by atoms with Crippen molar-refractivity contribution in [1.82, 2.24) is 0 Å². The first-order valence-corrected chi connectivity index (χ1v) is 10.4. The topological polar surface area (TPSA) is 67.6 Å². The highest BCUT2D eigenvalue weighted by atomic mass is 16.5. The molecule has 1 aliphatic rings. The van der Waals surface area contributed by atoms with E-state index in [2.05, 4.69) is 6.92 Å². The highest BCUT2D eigenvalue weighted by molar-refractivity contribution is 5.80. The van der Waals surface area contributed by atoms with Crippen molar-refractivity contribution >= 4 is 23.0 Å². The zero-order chi connectivity index (χ0) is 20.6. The van der Waals surface area contributed by atoms with Crippen LogP contribution in [0.25, 0.3) is 0 Å². The lowest BCUT2D eigenvalue weighted by Gasteiger charge is -2.15. The van der Waals surface area contributed by atoms with E-state index in [9.17, 15) is 4.79 Å². The lowest BCUT2D eigenvalue weighted by Crippen LogP contribution is -2.10. The summed E-state index contributed by atoms with van der Waals surface area (Å²) in [4.78, 5) is 11.6. The molecule has 1 heterocycles. The van der Waals surface area contributed by atoms with Gasteiger partial charge in [-0.25, -0.2) is 0 Å². The summed E-state index contributed by atoms with van der Waals surface area (Å²) in [6.45, 7) is 4.98. The Morgan fingerprint density at radius 1 is 1.00 bits per heavy atom. The number of benzene rings is 2. The molecule has 0 aromatic heterocycles. The van der Waals surface area contributed by atoms with Crippen LogP contribution in [0, 0.1) is 0 Å². The number of para-hydroxylation sites is 2. The lowest BCUT2D eigenvalue weighted by molar-refractivity contribution is -0.131. The van der Waals surface area contributed by atoms with Crippen molar-refractivity contribution in [2.75, 3.05) is 29.0 Å². The van der Waals surface area contributed by atoms with Crippen molar-refractivity contribution in [3.8, 4) is 11.5 Å². The number of hydrogen-bond acceptors (Lipinski definition) is 6.